The van der Waals surface area contributed by atoms with Crippen LogP contribution in [0.1, 0.15) is 35.7 Å². The molecule has 0 amide bonds. The number of hydrogen-bond acceptors (Lipinski definition) is 7. The van der Waals surface area contributed by atoms with Crippen LogP contribution in [-0.2, 0) is 6.54 Å². The molecule has 172 valence electrons. The first-order chi connectivity index (χ1) is 16.4. The van der Waals surface area contributed by atoms with Gasteiger partial charge < -0.3 is 15.1 Å². The molecule has 4 rings (SSSR count). The van der Waals surface area contributed by atoms with E-state index in [-0.39, 0.29) is 11.1 Å². The van der Waals surface area contributed by atoms with Crippen molar-refractivity contribution < 1.29 is 15.0 Å². The normalized spacial score (nSPS) is 11.0. The van der Waals surface area contributed by atoms with Gasteiger partial charge in [-0.25, -0.2) is 14.8 Å². The van der Waals surface area contributed by atoms with E-state index in [0.29, 0.717) is 24.5 Å². The van der Waals surface area contributed by atoms with Crippen LogP contribution in [0, 0.1) is 0 Å². The molecule has 8 nitrogen and oxygen atoms in total. The molecule has 3 aromatic carbocycles. The van der Waals surface area contributed by atoms with Crippen molar-refractivity contribution in [3.8, 4) is 28.0 Å². The lowest BCUT2D eigenvalue weighted by Crippen LogP contribution is -2.31. The molecule has 34 heavy (non-hydrogen) atoms. The predicted molar refractivity (Wildman–Crippen MR) is 129 cm³/mol. The maximum atomic E-state index is 12.0. The highest BCUT2D eigenvalue weighted by atomic mass is 16.4. The summed E-state index contributed by atoms with van der Waals surface area (Å²) in [5.41, 5.74) is 1.55. The first-order valence-electron chi connectivity index (χ1n) is 10.9. The van der Waals surface area contributed by atoms with Crippen LogP contribution in [0.25, 0.3) is 22.3 Å². The number of aromatic carboxylic acids is 1. The van der Waals surface area contributed by atoms with Gasteiger partial charge in [-0.05, 0) is 28.7 Å². The van der Waals surface area contributed by atoms with E-state index in [9.17, 15) is 24.6 Å². The summed E-state index contributed by atoms with van der Waals surface area (Å²) in [6.07, 6.45) is 4.47. The van der Waals surface area contributed by atoms with Crippen molar-refractivity contribution in [2.24, 2.45) is 0 Å². The van der Waals surface area contributed by atoms with Crippen molar-refractivity contribution in [3.63, 3.8) is 0 Å². The molecular weight excluding hydrogens is 434 g/mol. The lowest BCUT2D eigenvalue weighted by atomic mass is 9.91. The van der Waals surface area contributed by atoms with E-state index in [0.717, 1.165) is 29.5 Å². The van der Waals surface area contributed by atoms with E-state index >= 15 is 0 Å². The second kappa shape index (κ2) is 9.66. The molecule has 0 bridgehead atoms. The van der Waals surface area contributed by atoms with Crippen LogP contribution in [0.5, 0.6) is 5.75 Å². The van der Waals surface area contributed by atoms with E-state index in [1.54, 1.807) is 12.1 Å². The Balaban J connectivity index is 1.64. The fourth-order valence-corrected chi connectivity index (χ4v) is 3.93. The third-order valence-electron chi connectivity index (χ3n) is 5.72. The second-order valence-corrected chi connectivity index (χ2v) is 7.96. The van der Waals surface area contributed by atoms with Gasteiger partial charge in [-0.1, -0.05) is 61.9 Å². The summed E-state index contributed by atoms with van der Waals surface area (Å²) in [6, 6.07) is 14.7. The minimum Gasteiger partial charge on any atom is -0.503 e. The zero-order valence-electron chi connectivity index (χ0n) is 18.6. The quantitative estimate of drug-likeness (QED) is 0.366. The van der Waals surface area contributed by atoms with Gasteiger partial charge in [0.2, 0.25) is 5.43 Å². The number of carboxylic acid groups (broad SMARTS) is 1. The molecule has 4 aromatic rings. The zero-order chi connectivity index (χ0) is 24.2. The first-order valence-corrected chi connectivity index (χ1v) is 10.9. The summed E-state index contributed by atoms with van der Waals surface area (Å²) in [5, 5.41) is 19.5. The van der Waals surface area contributed by atoms with Gasteiger partial charge in [0.15, 0.2) is 5.75 Å². The number of anilines is 1. The molecule has 0 fully saturated rings. The number of rotatable bonds is 9. The van der Waals surface area contributed by atoms with Crippen LogP contribution >= 0.6 is 0 Å². The van der Waals surface area contributed by atoms with Crippen LogP contribution in [0.15, 0.2) is 70.6 Å². The SMILES string of the molecule is CCCCN(Cc1ccc(-c2ccccc2-c2c(O)c(=O)c2=O)cc1)c1ncncc1C(=O)O. The fraction of sp³-hybridized carbons (Fsp3) is 0.192. The van der Waals surface area contributed by atoms with Crippen molar-refractivity contribution in [2.45, 2.75) is 26.3 Å². The molecule has 8 heteroatoms. The van der Waals surface area contributed by atoms with E-state index in [4.69, 9.17) is 0 Å². The zero-order valence-corrected chi connectivity index (χ0v) is 18.6. The lowest BCUT2D eigenvalue weighted by molar-refractivity contribution is 0.0696. The minimum absolute atomic E-state index is 0.0420. The highest BCUT2D eigenvalue weighted by Crippen LogP contribution is 2.34. The molecule has 2 N–H and O–H groups in total. The Morgan fingerprint density at radius 1 is 1.00 bits per heavy atom. The van der Waals surface area contributed by atoms with Crippen molar-refractivity contribution in [2.75, 3.05) is 11.4 Å². The average Bonchev–Trinajstić information content (AvgIpc) is 2.87. The molecule has 0 aliphatic rings. The molecule has 0 aliphatic carbocycles. The fourth-order valence-electron chi connectivity index (χ4n) is 3.93. The summed E-state index contributed by atoms with van der Waals surface area (Å²) in [7, 11) is 0. The van der Waals surface area contributed by atoms with Gasteiger partial charge in [0.05, 0.1) is 5.56 Å². The van der Waals surface area contributed by atoms with Gasteiger partial charge in [-0.2, -0.15) is 0 Å². The van der Waals surface area contributed by atoms with Crippen LogP contribution in [-0.4, -0.2) is 32.7 Å². The number of benzene rings is 2. The summed E-state index contributed by atoms with van der Waals surface area (Å²) < 4.78 is 0. The number of hydrogen-bond donors (Lipinski definition) is 2. The third-order valence-corrected chi connectivity index (χ3v) is 5.72. The van der Waals surface area contributed by atoms with Gasteiger partial charge in [0.1, 0.15) is 17.7 Å². The highest BCUT2D eigenvalue weighted by molar-refractivity contribution is 5.93. The predicted octanol–water partition coefficient (Wildman–Crippen LogP) is 3.62. The van der Waals surface area contributed by atoms with Gasteiger partial charge in [0.25, 0.3) is 5.43 Å². The Labute approximate surface area is 195 Å². The number of nitrogens with zero attached hydrogens (tertiary/aromatic N) is 3. The molecule has 1 heterocycles. The molecule has 0 atom stereocenters. The smallest absolute Gasteiger partial charge is 0.341 e. The van der Waals surface area contributed by atoms with Crippen molar-refractivity contribution in [1.29, 1.82) is 0 Å². The molecule has 0 saturated heterocycles. The number of carboxylic acids is 1. The summed E-state index contributed by atoms with van der Waals surface area (Å²) in [4.78, 5) is 45.2. The van der Waals surface area contributed by atoms with Gasteiger partial charge >= 0.3 is 5.97 Å². The Morgan fingerprint density at radius 3 is 2.35 bits per heavy atom. The number of carbonyl (C=O) groups is 1. The second-order valence-electron chi connectivity index (χ2n) is 7.96. The number of aromatic nitrogens is 2. The number of aromatic hydroxyl groups is 1. The van der Waals surface area contributed by atoms with Crippen molar-refractivity contribution in [3.05, 3.63) is 92.6 Å². The Bertz CT molecular complexity index is 1410. The Hall–Kier alpha value is -4.33. The van der Waals surface area contributed by atoms with E-state index in [1.165, 1.54) is 12.5 Å². The van der Waals surface area contributed by atoms with Crippen molar-refractivity contribution in [1.82, 2.24) is 9.97 Å². The molecule has 0 spiro atoms. The molecule has 1 aromatic heterocycles. The molecule has 0 aliphatic heterocycles. The molecule has 0 unspecified atom stereocenters. The Kier molecular flexibility index (Phi) is 6.49. The van der Waals surface area contributed by atoms with Crippen LogP contribution in [0.4, 0.5) is 5.82 Å². The topological polar surface area (TPSA) is 121 Å². The van der Waals surface area contributed by atoms with E-state index in [1.807, 2.05) is 41.3 Å². The monoisotopic (exact) mass is 457 g/mol. The summed E-state index contributed by atoms with van der Waals surface area (Å²) >= 11 is 0. The maximum absolute atomic E-state index is 12.0. The lowest BCUT2D eigenvalue weighted by Gasteiger charge is -2.25. The number of unbranched alkanes of at least 4 members (excludes halogenated alkanes) is 1. The Morgan fingerprint density at radius 2 is 1.71 bits per heavy atom. The van der Waals surface area contributed by atoms with Gasteiger partial charge in [0, 0.05) is 19.3 Å². The first kappa shape index (κ1) is 22.8. The third kappa shape index (κ3) is 4.30. The van der Waals surface area contributed by atoms with Crippen LogP contribution < -0.4 is 15.8 Å². The maximum Gasteiger partial charge on any atom is 0.341 e. The molecule has 0 radical (unpaired) electrons. The molecular formula is C26H23N3O5. The van der Waals surface area contributed by atoms with Crippen molar-refractivity contribution >= 4 is 11.8 Å². The minimum atomic E-state index is -1.08. The standard InChI is InChI=1S/C26H23N3O5/c1-2-3-12-29(25-20(26(33)34)13-27-15-28-25)14-16-8-10-17(11-9-16)18-6-4-5-7-19(18)21-22(30)24(32)23(21)31/h4-11,13,15,30H,2-3,12,14H2,1H3,(H,33,34). The molecule has 0 saturated carbocycles. The largest absolute Gasteiger partial charge is 0.503 e. The van der Waals surface area contributed by atoms with E-state index in [2.05, 4.69) is 16.9 Å². The summed E-state index contributed by atoms with van der Waals surface area (Å²) in [6.45, 7) is 3.16. The van der Waals surface area contributed by atoms with Crippen LogP contribution in [0.3, 0.4) is 0 Å². The van der Waals surface area contributed by atoms with Gasteiger partial charge in [-0.15, -0.1) is 0 Å². The average molecular weight is 457 g/mol. The summed E-state index contributed by atoms with van der Waals surface area (Å²) in [5.74, 6) is -1.20. The van der Waals surface area contributed by atoms with Crippen LogP contribution in [0.2, 0.25) is 0 Å². The highest BCUT2D eigenvalue weighted by Gasteiger charge is 2.24. The van der Waals surface area contributed by atoms with Gasteiger partial charge in [-0.3, -0.25) is 9.59 Å². The van der Waals surface area contributed by atoms with E-state index < -0.39 is 22.6 Å².